The van der Waals surface area contributed by atoms with Crippen molar-refractivity contribution in [2.75, 3.05) is 13.1 Å². The van der Waals surface area contributed by atoms with Gasteiger partial charge in [0.05, 0.1) is 10.0 Å². The predicted octanol–water partition coefficient (Wildman–Crippen LogP) is 3.66. The summed E-state index contributed by atoms with van der Waals surface area (Å²) in [6.07, 6.45) is 3.81. The van der Waals surface area contributed by atoms with Gasteiger partial charge >= 0.3 is 0 Å². The van der Waals surface area contributed by atoms with Gasteiger partial charge in [-0.3, -0.25) is 4.79 Å². The number of aryl methyl sites for hydroxylation is 1. The van der Waals surface area contributed by atoms with Gasteiger partial charge in [0.15, 0.2) is 0 Å². The molecule has 10 heteroatoms. The summed E-state index contributed by atoms with van der Waals surface area (Å²) >= 11 is 12.2. The van der Waals surface area contributed by atoms with Gasteiger partial charge in [-0.15, -0.1) is 0 Å². The molecule has 1 aromatic carbocycles. The molecule has 1 aromatic heterocycles. The van der Waals surface area contributed by atoms with E-state index >= 15 is 0 Å². The molecule has 1 amide bonds. The summed E-state index contributed by atoms with van der Waals surface area (Å²) < 4.78 is 30.4. The van der Waals surface area contributed by atoms with E-state index in [9.17, 15) is 18.5 Å². The minimum Gasteiger partial charge on any atom is -0.341 e. The lowest BCUT2D eigenvalue weighted by atomic mass is 9.99. The molecule has 0 spiro atoms. The molecule has 3 rings (SSSR count). The van der Waals surface area contributed by atoms with Gasteiger partial charge < -0.3 is 9.47 Å². The third-order valence-corrected chi connectivity index (χ3v) is 7.78. The van der Waals surface area contributed by atoms with Crippen LogP contribution in [0.1, 0.15) is 31.9 Å². The molecule has 0 aliphatic carbocycles. The molecule has 166 valence electrons. The summed E-state index contributed by atoms with van der Waals surface area (Å²) in [4.78, 5) is 14.8. The first-order valence-electron chi connectivity index (χ1n) is 10.0. The highest BCUT2D eigenvalue weighted by atomic mass is 35.5. The van der Waals surface area contributed by atoms with E-state index < -0.39 is 16.1 Å². The van der Waals surface area contributed by atoms with Gasteiger partial charge in [-0.05, 0) is 49.4 Å². The summed E-state index contributed by atoms with van der Waals surface area (Å²) in [5, 5.41) is 9.19. The lowest BCUT2D eigenvalue weighted by molar-refractivity contribution is -0.134. The molecule has 0 saturated carbocycles. The first kappa shape index (κ1) is 23.6. The Hall–Kier alpha value is -2.05. The molecular weight excluding hydrogens is 459 g/mol. The average molecular weight is 483 g/mol. The summed E-state index contributed by atoms with van der Waals surface area (Å²) in [5.41, 5.74) is 0.440. The molecule has 0 radical (unpaired) electrons. The maximum absolute atomic E-state index is 13.3. The average Bonchev–Trinajstić information content (AvgIpc) is 3.17. The first-order valence-corrected chi connectivity index (χ1v) is 12.3. The number of rotatable bonds is 7. The normalized spacial score (nSPS) is 17.9. The van der Waals surface area contributed by atoms with E-state index in [0.717, 1.165) is 12.8 Å². The molecule has 2 unspecified atom stereocenters. The monoisotopic (exact) mass is 482 g/mol. The van der Waals surface area contributed by atoms with Gasteiger partial charge in [0.2, 0.25) is 15.9 Å². The molecule has 1 fully saturated rings. The van der Waals surface area contributed by atoms with Crippen LogP contribution in [0.2, 0.25) is 10.0 Å². The molecule has 0 bridgehead atoms. The van der Waals surface area contributed by atoms with Crippen molar-refractivity contribution in [2.24, 2.45) is 5.92 Å². The second-order valence-corrected chi connectivity index (χ2v) is 10.2. The van der Waals surface area contributed by atoms with E-state index in [1.165, 1.54) is 12.1 Å². The Morgan fingerprint density at radius 2 is 2.00 bits per heavy atom. The minimum absolute atomic E-state index is 0.0185. The number of aromatic nitrogens is 1. The van der Waals surface area contributed by atoms with Crippen LogP contribution < -0.4 is 4.72 Å². The van der Waals surface area contributed by atoms with Crippen molar-refractivity contribution in [3.8, 4) is 6.07 Å². The molecule has 1 aliphatic heterocycles. The number of hydrogen-bond donors (Lipinski definition) is 1. The second kappa shape index (κ2) is 10.0. The maximum atomic E-state index is 13.3. The molecular formula is C21H24Cl2N4O3S. The van der Waals surface area contributed by atoms with Gasteiger partial charge in [-0.2, -0.15) is 9.98 Å². The molecule has 7 nitrogen and oxygen atoms in total. The van der Waals surface area contributed by atoms with E-state index in [4.69, 9.17) is 23.2 Å². The quantitative estimate of drug-likeness (QED) is 0.650. The van der Waals surface area contributed by atoms with Crippen LogP contribution in [0.15, 0.2) is 41.4 Å². The van der Waals surface area contributed by atoms with Gasteiger partial charge in [0.1, 0.15) is 22.7 Å². The number of benzene rings is 1. The Labute approximate surface area is 192 Å². The lowest BCUT2D eigenvalue weighted by Crippen LogP contribution is -2.51. The SMILES string of the molecule is CC1CCCN(C(=O)C(CCn2cccc2C#N)NS(=O)(=O)c2c(Cl)cccc2Cl)C1. The molecule has 1 saturated heterocycles. The number of hydrogen-bond acceptors (Lipinski definition) is 4. The zero-order valence-electron chi connectivity index (χ0n) is 17.1. The number of nitrogens with one attached hydrogen (secondary N) is 1. The highest BCUT2D eigenvalue weighted by Crippen LogP contribution is 2.29. The second-order valence-electron chi connectivity index (χ2n) is 7.74. The van der Waals surface area contributed by atoms with Gasteiger partial charge in [0, 0.05) is 25.8 Å². The van der Waals surface area contributed by atoms with Crippen LogP contribution >= 0.6 is 23.2 Å². The Balaban J connectivity index is 1.87. The maximum Gasteiger partial charge on any atom is 0.244 e. The Morgan fingerprint density at radius 3 is 2.65 bits per heavy atom. The highest BCUT2D eigenvalue weighted by Gasteiger charge is 2.33. The van der Waals surface area contributed by atoms with Crippen molar-refractivity contribution < 1.29 is 13.2 Å². The van der Waals surface area contributed by atoms with Crippen LogP contribution in [0.4, 0.5) is 0 Å². The number of carbonyl (C=O) groups excluding carboxylic acids is 1. The zero-order valence-corrected chi connectivity index (χ0v) is 19.4. The van der Waals surface area contributed by atoms with Crippen molar-refractivity contribution in [3.05, 3.63) is 52.3 Å². The van der Waals surface area contributed by atoms with Crippen LogP contribution in [-0.2, 0) is 21.4 Å². The van der Waals surface area contributed by atoms with E-state index in [-0.39, 0.29) is 27.3 Å². The molecule has 2 aromatic rings. The van der Waals surface area contributed by atoms with Crippen LogP contribution in [-0.4, -0.2) is 42.9 Å². The van der Waals surface area contributed by atoms with Crippen LogP contribution in [0, 0.1) is 17.2 Å². The van der Waals surface area contributed by atoms with Crippen molar-refractivity contribution in [1.29, 1.82) is 5.26 Å². The van der Waals surface area contributed by atoms with Crippen LogP contribution in [0.5, 0.6) is 0 Å². The fraction of sp³-hybridized carbons (Fsp3) is 0.429. The van der Waals surface area contributed by atoms with Crippen molar-refractivity contribution in [3.63, 3.8) is 0 Å². The number of piperidine rings is 1. The highest BCUT2D eigenvalue weighted by molar-refractivity contribution is 7.89. The van der Waals surface area contributed by atoms with E-state index in [1.807, 2.05) is 0 Å². The summed E-state index contributed by atoms with van der Waals surface area (Å²) in [6.45, 7) is 3.54. The molecule has 2 heterocycles. The fourth-order valence-corrected chi connectivity index (χ4v) is 6.17. The zero-order chi connectivity index (χ0) is 22.6. The van der Waals surface area contributed by atoms with Crippen molar-refractivity contribution in [1.82, 2.24) is 14.2 Å². The Bertz CT molecular complexity index is 1070. The molecule has 2 atom stereocenters. The van der Waals surface area contributed by atoms with E-state index in [2.05, 4.69) is 17.7 Å². The first-order chi connectivity index (χ1) is 14.7. The topological polar surface area (TPSA) is 95.2 Å². The van der Waals surface area contributed by atoms with E-state index in [1.54, 1.807) is 33.9 Å². The molecule has 1 aliphatic rings. The lowest BCUT2D eigenvalue weighted by Gasteiger charge is -2.34. The fourth-order valence-electron chi connectivity index (χ4n) is 3.81. The number of likely N-dealkylation sites (tertiary alicyclic amines) is 1. The largest absolute Gasteiger partial charge is 0.341 e. The Morgan fingerprint density at radius 1 is 1.29 bits per heavy atom. The third-order valence-electron chi connectivity index (χ3n) is 5.35. The van der Waals surface area contributed by atoms with Crippen LogP contribution in [0.25, 0.3) is 0 Å². The van der Waals surface area contributed by atoms with Crippen LogP contribution in [0.3, 0.4) is 0 Å². The Kier molecular flexibility index (Phi) is 7.65. The van der Waals surface area contributed by atoms with Gasteiger partial charge in [-0.1, -0.05) is 36.2 Å². The standard InChI is InChI=1S/C21H24Cl2N4O3S/c1-15-5-3-11-27(14-15)21(28)19(9-12-26-10-4-6-16(26)13-24)25-31(29,30)20-17(22)7-2-8-18(20)23/h2,4,6-8,10,15,19,25H,3,5,9,11-12,14H2,1H3. The van der Waals surface area contributed by atoms with Gasteiger partial charge in [-0.25, -0.2) is 8.42 Å². The third kappa shape index (κ3) is 5.60. The number of nitriles is 1. The minimum atomic E-state index is -4.16. The van der Waals surface area contributed by atoms with Gasteiger partial charge in [0.25, 0.3) is 0 Å². The summed E-state index contributed by atoms with van der Waals surface area (Å²) in [7, 11) is -4.16. The predicted molar refractivity (Wildman–Crippen MR) is 119 cm³/mol. The summed E-state index contributed by atoms with van der Waals surface area (Å²) in [6, 6.07) is 8.88. The number of halogens is 2. The smallest absolute Gasteiger partial charge is 0.244 e. The summed E-state index contributed by atoms with van der Waals surface area (Å²) in [5.74, 6) is 0.0616. The molecule has 31 heavy (non-hydrogen) atoms. The number of carbonyl (C=O) groups is 1. The molecule has 1 N–H and O–H groups in total. The van der Waals surface area contributed by atoms with Crippen molar-refractivity contribution >= 4 is 39.1 Å². The number of amides is 1. The van der Waals surface area contributed by atoms with E-state index in [0.29, 0.717) is 31.2 Å². The number of sulfonamides is 1. The van der Waals surface area contributed by atoms with Crippen molar-refractivity contribution in [2.45, 2.75) is 43.7 Å². The number of nitrogens with zero attached hydrogens (tertiary/aromatic N) is 3.